The molecule has 1 aromatic heterocycles. The van der Waals surface area contributed by atoms with E-state index in [1.54, 1.807) is 36.4 Å². The Morgan fingerprint density at radius 3 is 2.34 bits per heavy atom. The molecule has 2 amide bonds. The van der Waals surface area contributed by atoms with E-state index in [9.17, 15) is 9.59 Å². The van der Waals surface area contributed by atoms with Gasteiger partial charge in [0, 0.05) is 5.69 Å². The van der Waals surface area contributed by atoms with Crippen molar-refractivity contribution in [3.8, 4) is 5.75 Å². The Labute approximate surface area is 168 Å². The molecule has 146 valence electrons. The first kappa shape index (κ1) is 18.6. The Hall–Kier alpha value is -3.80. The van der Waals surface area contributed by atoms with Crippen LogP contribution in [0.1, 0.15) is 18.2 Å². The Kier molecular flexibility index (Phi) is 5.16. The van der Waals surface area contributed by atoms with E-state index in [0.717, 1.165) is 5.69 Å². The van der Waals surface area contributed by atoms with Gasteiger partial charge in [0.1, 0.15) is 17.2 Å². The van der Waals surface area contributed by atoms with Crippen LogP contribution in [0.2, 0.25) is 0 Å². The molecule has 2 heterocycles. The number of amides is 2. The second-order valence-corrected chi connectivity index (χ2v) is 6.47. The number of hydrogen-bond donors (Lipinski definition) is 1. The number of nitrogens with one attached hydrogen (secondary N) is 1. The molecule has 0 bridgehead atoms. The molecule has 0 saturated carbocycles. The molecular formula is C23H20N2O4. The van der Waals surface area contributed by atoms with Gasteiger partial charge in [-0.15, -0.1) is 0 Å². The van der Waals surface area contributed by atoms with Crippen LogP contribution in [0.3, 0.4) is 0 Å². The molecule has 1 N–H and O–H groups in total. The molecule has 1 aliphatic rings. The highest BCUT2D eigenvalue weighted by molar-refractivity contribution is 6.36. The van der Waals surface area contributed by atoms with E-state index < -0.39 is 0 Å². The van der Waals surface area contributed by atoms with Crippen molar-refractivity contribution in [2.45, 2.75) is 13.5 Å². The van der Waals surface area contributed by atoms with E-state index >= 15 is 0 Å². The SMILES string of the molecule is CCOc1ccc(C2=C(Nc3ccccc3)C(=O)N(Cc3ccco3)C2=O)cc1. The molecule has 4 rings (SSSR count). The van der Waals surface area contributed by atoms with Crippen LogP contribution in [0.25, 0.3) is 5.57 Å². The summed E-state index contributed by atoms with van der Waals surface area (Å²) in [5.41, 5.74) is 1.95. The van der Waals surface area contributed by atoms with E-state index in [2.05, 4.69) is 5.32 Å². The van der Waals surface area contributed by atoms with Crippen molar-refractivity contribution in [1.82, 2.24) is 4.90 Å². The second kappa shape index (κ2) is 8.06. The number of imide groups is 1. The van der Waals surface area contributed by atoms with Crippen molar-refractivity contribution in [2.24, 2.45) is 0 Å². The van der Waals surface area contributed by atoms with E-state index in [4.69, 9.17) is 9.15 Å². The molecular weight excluding hydrogens is 368 g/mol. The molecule has 0 saturated heterocycles. The van der Waals surface area contributed by atoms with Crippen molar-refractivity contribution in [2.75, 3.05) is 11.9 Å². The number of hydrogen-bond acceptors (Lipinski definition) is 5. The van der Waals surface area contributed by atoms with Crippen LogP contribution >= 0.6 is 0 Å². The maximum Gasteiger partial charge on any atom is 0.278 e. The highest BCUT2D eigenvalue weighted by Gasteiger charge is 2.39. The van der Waals surface area contributed by atoms with Gasteiger partial charge in [0.15, 0.2) is 0 Å². The highest BCUT2D eigenvalue weighted by atomic mass is 16.5. The standard InChI is InChI=1S/C23H20N2O4/c1-2-28-18-12-10-16(11-13-18)20-21(24-17-7-4-3-5-8-17)23(27)25(22(20)26)15-19-9-6-14-29-19/h3-14,24H,2,15H2,1H3. The number of para-hydroxylation sites is 1. The fraction of sp³-hybridized carbons (Fsp3) is 0.130. The van der Waals surface area contributed by atoms with Crippen LogP contribution in [0.4, 0.5) is 5.69 Å². The number of anilines is 1. The summed E-state index contributed by atoms with van der Waals surface area (Å²) in [4.78, 5) is 27.5. The zero-order valence-corrected chi connectivity index (χ0v) is 15.9. The van der Waals surface area contributed by atoms with Crippen molar-refractivity contribution in [1.29, 1.82) is 0 Å². The van der Waals surface area contributed by atoms with Crippen LogP contribution in [-0.4, -0.2) is 23.3 Å². The maximum absolute atomic E-state index is 13.2. The zero-order valence-electron chi connectivity index (χ0n) is 15.9. The number of benzene rings is 2. The number of carbonyl (C=O) groups excluding carboxylic acids is 2. The van der Waals surface area contributed by atoms with E-state index in [1.165, 1.54) is 11.2 Å². The van der Waals surface area contributed by atoms with Gasteiger partial charge in [0.2, 0.25) is 0 Å². The van der Waals surface area contributed by atoms with Crippen LogP contribution in [-0.2, 0) is 16.1 Å². The van der Waals surface area contributed by atoms with E-state index in [-0.39, 0.29) is 24.1 Å². The topological polar surface area (TPSA) is 71.8 Å². The molecule has 0 atom stereocenters. The third-order valence-electron chi connectivity index (χ3n) is 4.56. The highest BCUT2D eigenvalue weighted by Crippen LogP contribution is 2.32. The number of furan rings is 1. The molecule has 0 aliphatic carbocycles. The number of nitrogens with zero attached hydrogens (tertiary/aromatic N) is 1. The summed E-state index contributed by atoms with van der Waals surface area (Å²) in [6.07, 6.45) is 1.52. The fourth-order valence-electron chi connectivity index (χ4n) is 3.21. The van der Waals surface area contributed by atoms with Crippen LogP contribution in [0, 0.1) is 0 Å². The van der Waals surface area contributed by atoms with Crippen molar-refractivity contribution < 1.29 is 18.7 Å². The summed E-state index contributed by atoms with van der Waals surface area (Å²) in [6, 6.07) is 19.9. The van der Waals surface area contributed by atoms with Gasteiger partial charge >= 0.3 is 0 Å². The fourth-order valence-corrected chi connectivity index (χ4v) is 3.21. The molecule has 3 aromatic rings. The molecule has 6 nitrogen and oxygen atoms in total. The molecule has 0 unspecified atom stereocenters. The minimum atomic E-state index is -0.390. The van der Waals surface area contributed by atoms with Gasteiger partial charge in [-0.25, -0.2) is 0 Å². The molecule has 1 aliphatic heterocycles. The lowest BCUT2D eigenvalue weighted by Crippen LogP contribution is -2.31. The Morgan fingerprint density at radius 2 is 1.69 bits per heavy atom. The molecule has 29 heavy (non-hydrogen) atoms. The first-order valence-corrected chi connectivity index (χ1v) is 9.35. The smallest absolute Gasteiger partial charge is 0.278 e. The summed E-state index contributed by atoms with van der Waals surface area (Å²) >= 11 is 0. The quantitative estimate of drug-likeness (QED) is 0.618. The predicted molar refractivity (Wildman–Crippen MR) is 109 cm³/mol. The third kappa shape index (κ3) is 3.78. The average Bonchev–Trinajstić information content (AvgIpc) is 3.33. The normalized spacial score (nSPS) is 13.9. The number of carbonyl (C=O) groups is 2. The summed E-state index contributed by atoms with van der Waals surface area (Å²) in [7, 11) is 0. The Bertz CT molecular complexity index is 1040. The van der Waals surface area contributed by atoms with E-state index in [0.29, 0.717) is 29.3 Å². The van der Waals surface area contributed by atoms with Gasteiger partial charge < -0.3 is 14.5 Å². The summed E-state index contributed by atoms with van der Waals surface area (Å²) < 4.78 is 10.8. The molecule has 6 heteroatoms. The number of ether oxygens (including phenoxy) is 1. The number of rotatable bonds is 7. The average molecular weight is 388 g/mol. The molecule has 0 radical (unpaired) electrons. The third-order valence-corrected chi connectivity index (χ3v) is 4.56. The first-order chi connectivity index (χ1) is 14.2. The maximum atomic E-state index is 13.2. The lowest BCUT2D eigenvalue weighted by atomic mass is 10.0. The summed E-state index contributed by atoms with van der Waals surface area (Å²) in [5.74, 6) is 0.491. The minimum absolute atomic E-state index is 0.0746. The van der Waals surface area contributed by atoms with Crippen molar-refractivity contribution in [3.63, 3.8) is 0 Å². The van der Waals surface area contributed by atoms with Crippen LogP contribution < -0.4 is 10.1 Å². The van der Waals surface area contributed by atoms with Gasteiger partial charge in [-0.3, -0.25) is 14.5 Å². The minimum Gasteiger partial charge on any atom is -0.494 e. The van der Waals surface area contributed by atoms with Gasteiger partial charge in [-0.05, 0) is 48.9 Å². The summed E-state index contributed by atoms with van der Waals surface area (Å²) in [6.45, 7) is 2.53. The zero-order chi connectivity index (χ0) is 20.2. The van der Waals surface area contributed by atoms with Crippen LogP contribution in [0.15, 0.2) is 83.1 Å². The Balaban J connectivity index is 1.72. The van der Waals surface area contributed by atoms with Gasteiger partial charge in [0.05, 0.1) is 25.0 Å². The largest absolute Gasteiger partial charge is 0.494 e. The van der Waals surface area contributed by atoms with Gasteiger partial charge in [-0.2, -0.15) is 0 Å². The van der Waals surface area contributed by atoms with E-state index in [1.807, 2.05) is 37.3 Å². The Morgan fingerprint density at radius 1 is 0.931 bits per heavy atom. The lowest BCUT2D eigenvalue weighted by Gasteiger charge is -2.13. The second-order valence-electron chi connectivity index (χ2n) is 6.47. The lowest BCUT2D eigenvalue weighted by molar-refractivity contribution is -0.137. The first-order valence-electron chi connectivity index (χ1n) is 9.35. The monoisotopic (exact) mass is 388 g/mol. The molecule has 2 aromatic carbocycles. The summed E-state index contributed by atoms with van der Waals surface area (Å²) in [5, 5.41) is 3.12. The molecule has 0 spiro atoms. The molecule has 0 fully saturated rings. The van der Waals surface area contributed by atoms with Gasteiger partial charge in [0.25, 0.3) is 11.8 Å². The van der Waals surface area contributed by atoms with Gasteiger partial charge in [-0.1, -0.05) is 30.3 Å². The van der Waals surface area contributed by atoms with Crippen LogP contribution in [0.5, 0.6) is 5.75 Å². The van der Waals surface area contributed by atoms with Crippen molar-refractivity contribution >= 4 is 23.1 Å². The van der Waals surface area contributed by atoms with Crippen molar-refractivity contribution in [3.05, 3.63) is 90.0 Å². The predicted octanol–water partition coefficient (Wildman–Crippen LogP) is 4.07.